The number of benzene rings is 2. The number of aryl methyl sites for hydroxylation is 1. The van der Waals surface area contributed by atoms with Gasteiger partial charge in [0, 0.05) is 6.07 Å². The van der Waals surface area contributed by atoms with Crippen LogP contribution in [-0.4, -0.2) is 17.9 Å². The summed E-state index contributed by atoms with van der Waals surface area (Å²) in [4.78, 5) is 23.0. The van der Waals surface area contributed by atoms with Gasteiger partial charge in [-0.25, -0.2) is 4.39 Å². The Morgan fingerprint density at radius 1 is 1.33 bits per heavy atom. The molecule has 0 saturated carbocycles. The summed E-state index contributed by atoms with van der Waals surface area (Å²) < 4.78 is 18.4. The number of carbonyl (C=O) groups excluding carboxylic acids is 1. The van der Waals surface area contributed by atoms with Gasteiger partial charge in [0.1, 0.15) is 5.56 Å². The smallest absolute Gasteiger partial charge is 0.282 e. The number of carbonyl (C=O) groups is 1. The van der Waals surface area contributed by atoms with Gasteiger partial charge in [0.15, 0.2) is 11.6 Å². The summed E-state index contributed by atoms with van der Waals surface area (Å²) in [5.74, 6) is -1.000. The van der Waals surface area contributed by atoms with Gasteiger partial charge < -0.3 is 10.1 Å². The lowest BCUT2D eigenvalue weighted by Gasteiger charge is -2.16. The molecule has 0 fully saturated rings. The van der Waals surface area contributed by atoms with Crippen LogP contribution in [0.15, 0.2) is 36.4 Å². The lowest BCUT2D eigenvalue weighted by molar-refractivity contribution is -0.385. The molecule has 0 radical (unpaired) electrons. The number of nitrogens with one attached hydrogen (secondary N) is 1. The van der Waals surface area contributed by atoms with Gasteiger partial charge in [-0.3, -0.25) is 14.9 Å². The molecule has 0 aliphatic rings. The van der Waals surface area contributed by atoms with E-state index < -0.39 is 22.7 Å². The van der Waals surface area contributed by atoms with Gasteiger partial charge in [-0.2, -0.15) is 0 Å². The molecule has 6 nitrogen and oxygen atoms in total. The van der Waals surface area contributed by atoms with Gasteiger partial charge in [0.05, 0.1) is 18.1 Å². The third-order valence-corrected chi connectivity index (χ3v) is 3.70. The van der Waals surface area contributed by atoms with Crippen molar-refractivity contribution in [2.75, 3.05) is 7.11 Å². The van der Waals surface area contributed by atoms with Crippen LogP contribution in [0.4, 0.5) is 10.1 Å². The zero-order valence-electron chi connectivity index (χ0n) is 13.5. The van der Waals surface area contributed by atoms with Crippen molar-refractivity contribution in [3.05, 3.63) is 69.0 Å². The Balaban J connectivity index is 2.29. The highest BCUT2D eigenvalue weighted by Crippen LogP contribution is 2.25. The van der Waals surface area contributed by atoms with Crippen molar-refractivity contribution in [2.45, 2.75) is 19.9 Å². The first-order valence-electron chi connectivity index (χ1n) is 7.23. The van der Waals surface area contributed by atoms with Crippen LogP contribution in [0, 0.1) is 22.9 Å². The average molecular weight is 332 g/mol. The minimum absolute atomic E-state index is 0.0171. The fraction of sp³-hybridized carbons (Fsp3) is 0.235. The first-order valence-corrected chi connectivity index (χ1v) is 7.23. The highest BCUT2D eigenvalue weighted by atomic mass is 19.1. The van der Waals surface area contributed by atoms with E-state index in [1.165, 1.54) is 37.4 Å². The molecule has 1 N–H and O–H groups in total. The molecule has 0 unspecified atom stereocenters. The van der Waals surface area contributed by atoms with Crippen molar-refractivity contribution >= 4 is 11.6 Å². The van der Waals surface area contributed by atoms with Crippen LogP contribution in [0.2, 0.25) is 0 Å². The third kappa shape index (κ3) is 3.51. The van der Waals surface area contributed by atoms with Crippen LogP contribution in [-0.2, 0) is 0 Å². The molecule has 0 spiro atoms. The van der Waals surface area contributed by atoms with E-state index in [9.17, 15) is 19.3 Å². The van der Waals surface area contributed by atoms with Crippen LogP contribution in [0.1, 0.15) is 34.5 Å². The number of hydrogen-bond acceptors (Lipinski definition) is 4. The van der Waals surface area contributed by atoms with Crippen LogP contribution in [0.5, 0.6) is 5.75 Å². The Morgan fingerprint density at radius 3 is 2.67 bits per heavy atom. The van der Waals surface area contributed by atoms with E-state index >= 15 is 0 Å². The Kier molecular flexibility index (Phi) is 5.13. The number of nitrogens with zero attached hydrogens (tertiary/aromatic N) is 1. The number of hydrogen-bond donors (Lipinski definition) is 1. The predicted molar refractivity (Wildman–Crippen MR) is 86.7 cm³/mol. The Morgan fingerprint density at radius 2 is 2.04 bits per heavy atom. The maximum absolute atomic E-state index is 13.5. The molecular formula is C17H17FN2O4. The number of amides is 1. The number of methoxy groups -OCH3 is 1. The molecule has 0 aliphatic carbocycles. The number of nitro benzene ring substituents is 1. The largest absolute Gasteiger partial charge is 0.494 e. The SMILES string of the molecule is COc1cc([C@@H](C)NC(=O)c2c(C)cccc2[N+](=O)[O-])ccc1F. The maximum atomic E-state index is 13.5. The molecule has 0 saturated heterocycles. The normalized spacial score (nSPS) is 11.7. The Bertz CT molecular complexity index is 792. The Hall–Kier alpha value is -2.96. The van der Waals surface area contributed by atoms with Crippen LogP contribution in [0.25, 0.3) is 0 Å². The molecule has 0 aromatic heterocycles. The quantitative estimate of drug-likeness (QED) is 0.671. The van der Waals surface area contributed by atoms with Crippen molar-refractivity contribution in [3.8, 4) is 5.75 Å². The van der Waals surface area contributed by atoms with E-state index in [2.05, 4.69) is 5.32 Å². The molecule has 1 atom stereocenters. The summed E-state index contributed by atoms with van der Waals surface area (Å²) in [7, 11) is 1.35. The van der Waals surface area contributed by atoms with Crippen molar-refractivity contribution < 1.29 is 18.8 Å². The van der Waals surface area contributed by atoms with Gasteiger partial charge in [0.2, 0.25) is 0 Å². The highest BCUT2D eigenvalue weighted by molar-refractivity contribution is 5.99. The lowest BCUT2D eigenvalue weighted by Crippen LogP contribution is -2.28. The van der Waals surface area contributed by atoms with E-state index in [4.69, 9.17) is 4.74 Å². The first-order chi connectivity index (χ1) is 11.3. The molecule has 0 heterocycles. The molecule has 0 bridgehead atoms. The van der Waals surface area contributed by atoms with Gasteiger partial charge in [-0.1, -0.05) is 18.2 Å². The van der Waals surface area contributed by atoms with Gasteiger partial charge >= 0.3 is 0 Å². The predicted octanol–water partition coefficient (Wildman–Crippen LogP) is 3.54. The number of halogens is 1. The summed E-state index contributed by atoms with van der Waals surface area (Å²) in [6.45, 7) is 3.34. The van der Waals surface area contributed by atoms with Crippen molar-refractivity contribution in [3.63, 3.8) is 0 Å². The van der Waals surface area contributed by atoms with E-state index in [-0.39, 0.29) is 17.0 Å². The van der Waals surface area contributed by atoms with Crippen molar-refractivity contribution in [1.82, 2.24) is 5.32 Å². The molecular weight excluding hydrogens is 315 g/mol. The number of nitro groups is 1. The maximum Gasteiger partial charge on any atom is 0.282 e. The summed E-state index contributed by atoms with van der Waals surface area (Å²) in [5.41, 5.74) is 0.892. The second kappa shape index (κ2) is 7.08. The van der Waals surface area contributed by atoms with Crippen LogP contribution >= 0.6 is 0 Å². The monoisotopic (exact) mass is 332 g/mol. The van der Waals surface area contributed by atoms with Gasteiger partial charge in [0.25, 0.3) is 11.6 Å². The van der Waals surface area contributed by atoms with E-state index in [1.54, 1.807) is 19.9 Å². The number of ether oxygens (including phenoxy) is 1. The standard InChI is InChI=1S/C17H17FN2O4/c1-10-5-4-6-14(20(22)23)16(10)17(21)19-11(2)12-7-8-13(18)15(9-12)24-3/h4-9,11H,1-3H3,(H,19,21)/t11-/m1/s1. The fourth-order valence-electron chi connectivity index (χ4n) is 2.40. The third-order valence-electron chi connectivity index (χ3n) is 3.70. The zero-order valence-corrected chi connectivity index (χ0v) is 13.5. The van der Waals surface area contributed by atoms with E-state index in [0.717, 1.165) is 0 Å². The molecule has 1 amide bonds. The van der Waals surface area contributed by atoms with Crippen LogP contribution in [0.3, 0.4) is 0 Å². The molecule has 7 heteroatoms. The minimum Gasteiger partial charge on any atom is -0.494 e. The lowest BCUT2D eigenvalue weighted by atomic mass is 10.0. The second-order valence-corrected chi connectivity index (χ2v) is 5.32. The molecule has 2 aromatic rings. The summed E-state index contributed by atoms with van der Waals surface area (Å²) in [5, 5.41) is 13.8. The minimum atomic E-state index is -0.590. The fourth-order valence-corrected chi connectivity index (χ4v) is 2.40. The molecule has 2 aromatic carbocycles. The summed E-state index contributed by atoms with van der Waals surface area (Å²) in [6.07, 6.45) is 0. The summed E-state index contributed by atoms with van der Waals surface area (Å²) >= 11 is 0. The molecule has 0 aliphatic heterocycles. The van der Waals surface area contributed by atoms with Gasteiger partial charge in [-0.05, 0) is 37.1 Å². The van der Waals surface area contributed by atoms with Gasteiger partial charge in [-0.15, -0.1) is 0 Å². The summed E-state index contributed by atoms with van der Waals surface area (Å²) in [6, 6.07) is 8.21. The highest BCUT2D eigenvalue weighted by Gasteiger charge is 2.23. The Labute approximate surface area is 138 Å². The zero-order chi connectivity index (χ0) is 17.9. The van der Waals surface area contributed by atoms with Crippen molar-refractivity contribution in [1.29, 1.82) is 0 Å². The first kappa shape index (κ1) is 17.4. The average Bonchev–Trinajstić information content (AvgIpc) is 2.54. The van der Waals surface area contributed by atoms with E-state index in [0.29, 0.717) is 11.1 Å². The molecule has 126 valence electrons. The molecule has 2 rings (SSSR count). The second-order valence-electron chi connectivity index (χ2n) is 5.32. The van der Waals surface area contributed by atoms with Crippen molar-refractivity contribution in [2.24, 2.45) is 0 Å². The van der Waals surface area contributed by atoms with Crippen LogP contribution < -0.4 is 10.1 Å². The molecule has 24 heavy (non-hydrogen) atoms. The topological polar surface area (TPSA) is 81.5 Å². The van der Waals surface area contributed by atoms with E-state index in [1.807, 2.05) is 0 Å². The number of rotatable bonds is 5.